The number of pyridine rings is 1. The second kappa shape index (κ2) is 10.4. The molecule has 1 aliphatic heterocycles. The first-order valence-corrected chi connectivity index (χ1v) is 12.3. The van der Waals surface area contributed by atoms with Crippen molar-refractivity contribution in [1.82, 2.24) is 9.88 Å². The number of thioether (sulfide) groups is 1. The molecule has 2 aliphatic rings. The summed E-state index contributed by atoms with van der Waals surface area (Å²) >= 11 is 14.6. The van der Waals surface area contributed by atoms with Crippen molar-refractivity contribution in [3.63, 3.8) is 0 Å². The second-order valence-corrected chi connectivity index (χ2v) is 10.3. The van der Waals surface area contributed by atoms with Crippen LogP contribution in [0.4, 0.5) is 5.69 Å². The van der Waals surface area contributed by atoms with Gasteiger partial charge in [-0.3, -0.25) is 9.88 Å². The van der Waals surface area contributed by atoms with Crippen LogP contribution in [0.3, 0.4) is 0 Å². The molecule has 1 saturated carbocycles. The molecule has 1 aromatic carbocycles. The summed E-state index contributed by atoms with van der Waals surface area (Å²) in [5, 5.41) is 2.09. The van der Waals surface area contributed by atoms with Crippen LogP contribution in [0.15, 0.2) is 47.6 Å². The van der Waals surface area contributed by atoms with E-state index in [9.17, 15) is 0 Å². The quantitative estimate of drug-likeness (QED) is 0.518. The summed E-state index contributed by atoms with van der Waals surface area (Å²) in [6, 6.07) is 10.1. The molecule has 0 radical (unpaired) electrons. The molecule has 4 rings (SSSR count). The Morgan fingerprint density at radius 2 is 1.76 bits per heavy atom. The maximum Gasteiger partial charge on any atom is 0.0825 e. The van der Waals surface area contributed by atoms with Crippen LogP contribution in [0, 0.1) is 5.92 Å². The van der Waals surface area contributed by atoms with E-state index in [2.05, 4.69) is 26.9 Å². The summed E-state index contributed by atoms with van der Waals surface area (Å²) in [4.78, 5) is 10.5. The van der Waals surface area contributed by atoms with Gasteiger partial charge in [0.05, 0.1) is 15.7 Å². The smallest absolute Gasteiger partial charge is 0.0825 e. The first-order valence-electron chi connectivity index (χ1n) is 10.7. The molecule has 1 aromatic heterocycles. The molecule has 156 valence electrons. The van der Waals surface area contributed by atoms with Gasteiger partial charge in [0, 0.05) is 48.7 Å². The highest BCUT2D eigenvalue weighted by Gasteiger charge is 2.24. The molecule has 2 aromatic rings. The van der Waals surface area contributed by atoms with Crippen LogP contribution >= 0.6 is 35.0 Å². The number of halogens is 2. The zero-order valence-corrected chi connectivity index (χ0v) is 19.1. The van der Waals surface area contributed by atoms with Crippen molar-refractivity contribution in [2.45, 2.75) is 42.2 Å². The van der Waals surface area contributed by atoms with Crippen LogP contribution in [0.25, 0.3) is 0 Å². The minimum atomic E-state index is 0.642. The summed E-state index contributed by atoms with van der Waals surface area (Å²) in [6.07, 6.45) is 10.6. The summed E-state index contributed by atoms with van der Waals surface area (Å²) in [5.74, 6) is 0.890. The maximum atomic E-state index is 6.40. The third-order valence-electron chi connectivity index (χ3n) is 6.23. The summed E-state index contributed by atoms with van der Waals surface area (Å²) in [7, 11) is 0. The highest BCUT2D eigenvalue weighted by Crippen LogP contribution is 2.37. The van der Waals surface area contributed by atoms with Gasteiger partial charge in [-0.05, 0) is 68.8 Å². The lowest BCUT2D eigenvalue weighted by Gasteiger charge is -2.37. The van der Waals surface area contributed by atoms with E-state index in [1.807, 2.05) is 42.4 Å². The fourth-order valence-corrected chi connectivity index (χ4v) is 6.05. The standard InChI is InChI=1S/C23H29Cl2N3S/c24-21-4-1-5-22(23(21)25)28-15-13-27(14-16-28)12-10-18-6-8-19(9-7-18)29-20-3-2-11-26-17-20/h1-5,11,17-19H,6-10,12-16H2. The molecule has 1 saturated heterocycles. The average Bonchev–Trinajstić information content (AvgIpc) is 2.76. The average molecular weight is 450 g/mol. The first-order chi connectivity index (χ1) is 14.2. The maximum absolute atomic E-state index is 6.40. The SMILES string of the molecule is Clc1cccc(N2CCN(CCC3CCC(Sc4cccnc4)CC3)CC2)c1Cl. The predicted octanol–water partition coefficient (Wildman–Crippen LogP) is 6.25. The molecule has 0 amide bonds. The third kappa shape index (κ3) is 5.81. The van der Waals surface area contributed by atoms with Crippen LogP contribution in [-0.2, 0) is 0 Å². The molecular formula is C23H29Cl2N3S. The number of hydrogen-bond donors (Lipinski definition) is 0. The fraction of sp³-hybridized carbons (Fsp3) is 0.522. The van der Waals surface area contributed by atoms with Gasteiger partial charge in [0.2, 0.25) is 0 Å². The monoisotopic (exact) mass is 449 g/mol. The number of aromatic nitrogens is 1. The lowest BCUT2D eigenvalue weighted by molar-refractivity contribution is 0.222. The van der Waals surface area contributed by atoms with Crippen molar-refractivity contribution in [2.24, 2.45) is 5.92 Å². The third-order valence-corrected chi connectivity index (χ3v) is 8.36. The number of piperazine rings is 1. The highest BCUT2D eigenvalue weighted by atomic mass is 35.5. The van der Waals surface area contributed by atoms with Gasteiger partial charge in [-0.1, -0.05) is 29.3 Å². The molecular weight excluding hydrogens is 421 g/mol. The number of benzene rings is 1. The van der Waals surface area contributed by atoms with E-state index in [-0.39, 0.29) is 0 Å². The minimum Gasteiger partial charge on any atom is -0.368 e. The van der Waals surface area contributed by atoms with E-state index in [1.165, 1.54) is 43.5 Å². The van der Waals surface area contributed by atoms with Crippen molar-refractivity contribution in [3.8, 4) is 0 Å². The van der Waals surface area contributed by atoms with E-state index in [0.717, 1.165) is 43.0 Å². The van der Waals surface area contributed by atoms with Crippen LogP contribution < -0.4 is 4.90 Å². The van der Waals surface area contributed by atoms with Crippen LogP contribution in [0.1, 0.15) is 32.1 Å². The summed E-state index contributed by atoms with van der Waals surface area (Å²) in [6.45, 7) is 5.48. The normalized spacial score (nSPS) is 23.3. The summed E-state index contributed by atoms with van der Waals surface area (Å²) in [5.41, 5.74) is 1.07. The zero-order chi connectivity index (χ0) is 20.1. The number of nitrogens with zero attached hydrogens (tertiary/aromatic N) is 3. The highest BCUT2D eigenvalue weighted by molar-refractivity contribution is 8.00. The summed E-state index contributed by atoms with van der Waals surface area (Å²) < 4.78 is 0. The molecule has 0 unspecified atom stereocenters. The fourth-order valence-electron chi connectivity index (χ4n) is 4.46. The number of hydrogen-bond acceptors (Lipinski definition) is 4. The molecule has 0 N–H and O–H groups in total. The Morgan fingerprint density at radius 3 is 2.48 bits per heavy atom. The van der Waals surface area contributed by atoms with E-state index in [4.69, 9.17) is 23.2 Å². The Morgan fingerprint density at radius 1 is 0.966 bits per heavy atom. The molecule has 3 nitrogen and oxygen atoms in total. The van der Waals surface area contributed by atoms with Gasteiger partial charge < -0.3 is 4.90 Å². The van der Waals surface area contributed by atoms with Gasteiger partial charge in [-0.25, -0.2) is 0 Å². The van der Waals surface area contributed by atoms with Crippen LogP contribution in [-0.4, -0.2) is 47.9 Å². The molecule has 2 heterocycles. The molecule has 29 heavy (non-hydrogen) atoms. The first kappa shape index (κ1) is 21.3. The van der Waals surface area contributed by atoms with Gasteiger partial charge in [0.25, 0.3) is 0 Å². The van der Waals surface area contributed by atoms with Crippen molar-refractivity contribution < 1.29 is 0 Å². The Balaban J connectivity index is 1.16. The van der Waals surface area contributed by atoms with Gasteiger partial charge in [-0.15, -0.1) is 11.8 Å². The molecule has 0 spiro atoms. The molecule has 0 bridgehead atoms. The number of rotatable bonds is 6. The Bertz CT molecular complexity index is 773. The zero-order valence-electron chi connectivity index (χ0n) is 16.8. The van der Waals surface area contributed by atoms with E-state index < -0.39 is 0 Å². The minimum absolute atomic E-state index is 0.642. The predicted molar refractivity (Wildman–Crippen MR) is 126 cm³/mol. The largest absolute Gasteiger partial charge is 0.368 e. The Hall–Kier alpha value is -0.940. The van der Waals surface area contributed by atoms with Gasteiger partial charge in [0.1, 0.15) is 0 Å². The van der Waals surface area contributed by atoms with E-state index in [0.29, 0.717) is 10.0 Å². The van der Waals surface area contributed by atoms with Gasteiger partial charge in [0.15, 0.2) is 0 Å². The molecule has 2 fully saturated rings. The number of anilines is 1. The molecule has 1 aliphatic carbocycles. The van der Waals surface area contributed by atoms with Gasteiger partial charge >= 0.3 is 0 Å². The van der Waals surface area contributed by atoms with Gasteiger partial charge in [-0.2, -0.15) is 0 Å². The van der Waals surface area contributed by atoms with Crippen molar-refractivity contribution >= 4 is 40.7 Å². The van der Waals surface area contributed by atoms with Crippen LogP contribution in [0.2, 0.25) is 10.0 Å². The second-order valence-electron chi connectivity index (χ2n) is 8.14. The van der Waals surface area contributed by atoms with E-state index in [1.54, 1.807) is 0 Å². The van der Waals surface area contributed by atoms with Crippen molar-refractivity contribution in [1.29, 1.82) is 0 Å². The molecule has 6 heteroatoms. The topological polar surface area (TPSA) is 19.4 Å². The lowest BCUT2D eigenvalue weighted by Crippen LogP contribution is -2.47. The van der Waals surface area contributed by atoms with Crippen LogP contribution in [0.5, 0.6) is 0 Å². The lowest BCUT2D eigenvalue weighted by atomic mass is 9.86. The Labute approximate surface area is 188 Å². The van der Waals surface area contributed by atoms with Crippen molar-refractivity contribution in [2.75, 3.05) is 37.6 Å². The van der Waals surface area contributed by atoms with E-state index >= 15 is 0 Å². The van der Waals surface area contributed by atoms with Crippen molar-refractivity contribution in [3.05, 3.63) is 52.8 Å². The Kier molecular flexibility index (Phi) is 7.63. The molecule has 0 atom stereocenters.